The third-order valence-electron chi connectivity index (χ3n) is 0.786. The molecule has 5 heteroatoms. The van der Waals surface area contributed by atoms with Crippen LogP contribution in [0.4, 0.5) is 13.2 Å². The lowest BCUT2D eigenvalue weighted by Crippen LogP contribution is -2.35. The highest BCUT2D eigenvalue weighted by atomic mass is 32.2. The maximum absolute atomic E-state index is 11.6. The molecular weight excluding hydrogens is 151 g/mol. The number of hydrogen-bond donors (Lipinski definition) is 1. The van der Waals surface area contributed by atoms with E-state index in [2.05, 4.69) is 4.72 Å². The summed E-state index contributed by atoms with van der Waals surface area (Å²) >= 11 is 0.967. The lowest BCUT2D eigenvalue weighted by molar-refractivity contribution is -0.146. The molecule has 0 saturated heterocycles. The Balaban J connectivity index is 3.59. The maximum atomic E-state index is 11.6. The molecule has 0 saturated carbocycles. The summed E-state index contributed by atoms with van der Waals surface area (Å²) in [6.07, 6.45) is -2.56. The van der Waals surface area contributed by atoms with E-state index in [0.717, 1.165) is 18.9 Å². The van der Waals surface area contributed by atoms with Crippen molar-refractivity contribution in [1.29, 1.82) is 0 Å². The van der Waals surface area contributed by atoms with E-state index >= 15 is 0 Å². The molecule has 0 radical (unpaired) electrons. The summed E-state index contributed by atoms with van der Waals surface area (Å²) in [5.41, 5.74) is 0. The van der Waals surface area contributed by atoms with E-state index in [4.69, 9.17) is 0 Å². The first-order chi connectivity index (χ1) is 3.98. The zero-order valence-electron chi connectivity index (χ0n) is 5.12. The van der Waals surface area contributed by atoms with E-state index in [-0.39, 0.29) is 0 Å². The Bertz CT molecular complexity index is 82.4. The Morgan fingerprint density at radius 2 is 1.89 bits per heavy atom. The predicted molar refractivity (Wildman–Crippen MR) is 32.2 cm³/mol. The van der Waals surface area contributed by atoms with Gasteiger partial charge in [0.1, 0.15) is 6.04 Å². The molecule has 0 bridgehead atoms. The molecule has 56 valence electrons. The second-order valence-electron chi connectivity index (χ2n) is 1.59. The van der Waals surface area contributed by atoms with Crippen molar-refractivity contribution >= 4 is 11.9 Å². The van der Waals surface area contributed by atoms with Crippen molar-refractivity contribution in [2.45, 2.75) is 19.1 Å². The van der Waals surface area contributed by atoms with Crippen LogP contribution < -0.4 is 4.72 Å². The first-order valence-electron chi connectivity index (χ1n) is 2.33. The SMILES string of the molecule is CSN[C@H](C)C(F)(F)F. The first kappa shape index (κ1) is 9.10. The summed E-state index contributed by atoms with van der Waals surface area (Å²) < 4.78 is 36.9. The molecule has 0 amide bonds. The summed E-state index contributed by atoms with van der Waals surface area (Å²) in [4.78, 5) is 0. The van der Waals surface area contributed by atoms with Crippen molar-refractivity contribution in [3.8, 4) is 0 Å². The van der Waals surface area contributed by atoms with Crippen LogP contribution in [0.2, 0.25) is 0 Å². The quantitative estimate of drug-likeness (QED) is 0.616. The lowest BCUT2D eigenvalue weighted by atomic mass is 10.4. The fourth-order valence-electron chi connectivity index (χ4n) is 0.244. The minimum absolute atomic E-state index is 0.967. The molecule has 0 aromatic heterocycles. The van der Waals surface area contributed by atoms with Crippen LogP contribution in [-0.2, 0) is 0 Å². The molecule has 0 unspecified atom stereocenters. The van der Waals surface area contributed by atoms with Gasteiger partial charge in [0.25, 0.3) is 0 Å². The van der Waals surface area contributed by atoms with Crippen LogP contribution >= 0.6 is 11.9 Å². The van der Waals surface area contributed by atoms with Crippen LogP contribution in [0.3, 0.4) is 0 Å². The molecule has 0 aliphatic carbocycles. The van der Waals surface area contributed by atoms with Gasteiger partial charge in [0, 0.05) is 0 Å². The fourth-order valence-corrected chi connectivity index (χ4v) is 0.731. The molecule has 1 atom stereocenters. The average Bonchev–Trinajstić information content (AvgIpc) is 1.64. The molecule has 0 aliphatic heterocycles. The first-order valence-corrected chi connectivity index (χ1v) is 3.56. The normalized spacial score (nSPS) is 15.7. The second kappa shape index (κ2) is 3.31. The largest absolute Gasteiger partial charge is 0.404 e. The average molecular weight is 159 g/mol. The molecule has 0 aromatic carbocycles. The van der Waals surface area contributed by atoms with E-state index in [1.165, 1.54) is 0 Å². The van der Waals surface area contributed by atoms with Gasteiger partial charge in [-0.05, 0) is 13.2 Å². The van der Waals surface area contributed by atoms with Crippen molar-refractivity contribution in [3.05, 3.63) is 0 Å². The molecular formula is C4H8F3NS. The molecule has 0 spiro atoms. The van der Waals surface area contributed by atoms with Gasteiger partial charge in [0.2, 0.25) is 0 Å². The maximum Gasteiger partial charge on any atom is 0.404 e. The van der Waals surface area contributed by atoms with Gasteiger partial charge in [-0.25, -0.2) is 0 Å². The van der Waals surface area contributed by atoms with Crippen molar-refractivity contribution in [2.24, 2.45) is 0 Å². The van der Waals surface area contributed by atoms with Crippen LogP contribution in [0.25, 0.3) is 0 Å². The highest BCUT2D eigenvalue weighted by Crippen LogP contribution is 2.20. The van der Waals surface area contributed by atoms with E-state index in [1.54, 1.807) is 6.26 Å². The van der Waals surface area contributed by atoms with Crippen LogP contribution in [0.1, 0.15) is 6.92 Å². The molecule has 0 aromatic rings. The van der Waals surface area contributed by atoms with Gasteiger partial charge in [0.15, 0.2) is 0 Å². The standard InChI is InChI=1S/C4H8F3NS/c1-3(8-9-2)4(5,6)7/h3,8H,1-2H3/t3-/m1/s1. The Hall–Kier alpha value is 0.100. The number of alkyl halides is 3. The zero-order valence-corrected chi connectivity index (χ0v) is 5.94. The minimum atomic E-state index is -4.12. The predicted octanol–water partition coefficient (Wildman–Crippen LogP) is 1.80. The van der Waals surface area contributed by atoms with Crippen molar-refractivity contribution in [3.63, 3.8) is 0 Å². The van der Waals surface area contributed by atoms with Crippen molar-refractivity contribution in [2.75, 3.05) is 6.26 Å². The Labute approximate surface area is 56.1 Å². The van der Waals surface area contributed by atoms with Gasteiger partial charge < -0.3 is 0 Å². The van der Waals surface area contributed by atoms with Gasteiger partial charge in [0.05, 0.1) is 0 Å². The third kappa shape index (κ3) is 3.64. The molecule has 0 fully saturated rings. The number of hydrogen-bond acceptors (Lipinski definition) is 2. The molecule has 0 aliphatic rings. The molecule has 1 nitrogen and oxygen atoms in total. The van der Waals surface area contributed by atoms with Gasteiger partial charge in [-0.3, -0.25) is 4.72 Å². The van der Waals surface area contributed by atoms with Gasteiger partial charge in [-0.15, -0.1) is 0 Å². The second-order valence-corrected chi connectivity index (χ2v) is 2.23. The highest BCUT2D eigenvalue weighted by Gasteiger charge is 2.35. The summed E-state index contributed by atoms with van der Waals surface area (Å²) in [6.45, 7) is 1.08. The number of halogens is 3. The monoisotopic (exact) mass is 159 g/mol. The van der Waals surface area contributed by atoms with Crippen LogP contribution in [0.5, 0.6) is 0 Å². The summed E-state index contributed by atoms with van der Waals surface area (Å²) in [5, 5.41) is 0. The van der Waals surface area contributed by atoms with Crippen LogP contribution in [0.15, 0.2) is 0 Å². The van der Waals surface area contributed by atoms with Crippen molar-refractivity contribution < 1.29 is 13.2 Å². The molecule has 0 rings (SSSR count). The molecule has 1 N–H and O–H groups in total. The van der Waals surface area contributed by atoms with Crippen LogP contribution in [0, 0.1) is 0 Å². The topological polar surface area (TPSA) is 12.0 Å². The fraction of sp³-hybridized carbons (Fsp3) is 1.00. The zero-order chi connectivity index (χ0) is 7.49. The Kier molecular flexibility index (Phi) is 3.35. The highest BCUT2D eigenvalue weighted by molar-refractivity contribution is 7.96. The van der Waals surface area contributed by atoms with E-state index in [1.807, 2.05) is 0 Å². The number of nitrogens with one attached hydrogen (secondary N) is 1. The summed E-state index contributed by atoms with van der Waals surface area (Å²) in [5.74, 6) is 0. The van der Waals surface area contributed by atoms with E-state index in [0.29, 0.717) is 0 Å². The van der Waals surface area contributed by atoms with E-state index < -0.39 is 12.2 Å². The number of rotatable bonds is 2. The van der Waals surface area contributed by atoms with Gasteiger partial charge in [-0.2, -0.15) is 13.2 Å². The van der Waals surface area contributed by atoms with Crippen LogP contribution in [-0.4, -0.2) is 18.5 Å². The smallest absolute Gasteiger partial charge is 0.253 e. The van der Waals surface area contributed by atoms with Gasteiger partial charge >= 0.3 is 6.18 Å². The molecule has 0 heterocycles. The summed E-state index contributed by atoms with van der Waals surface area (Å²) in [6, 6.07) is -1.42. The lowest BCUT2D eigenvalue weighted by Gasteiger charge is -2.14. The minimum Gasteiger partial charge on any atom is -0.253 e. The summed E-state index contributed by atoms with van der Waals surface area (Å²) in [7, 11) is 0. The Morgan fingerprint density at radius 1 is 1.44 bits per heavy atom. The third-order valence-corrected chi connectivity index (χ3v) is 1.37. The van der Waals surface area contributed by atoms with Gasteiger partial charge in [-0.1, -0.05) is 11.9 Å². The molecule has 9 heavy (non-hydrogen) atoms. The van der Waals surface area contributed by atoms with E-state index in [9.17, 15) is 13.2 Å². The van der Waals surface area contributed by atoms with Crippen molar-refractivity contribution in [1.82, 2.24) is 4.72 Å². The Morgan fingerprint density at radius 3 is 2.00 bits per heavy atom.